The summed E-state index contributed by atoms with van der Waals surface area (Å²) in [6.07, 6.45) is 3.55. The molecule has 0 saturated carbocycles. The molecule has 0 heterocycles. The molecule has 0 atom stereocenters. The van der Waals surface area contributed by atoms with E-state index in [-0.39, 0.29) is 0 Å². The monoisotopic (exact) mass is 278 g/mol. The molecule has 1 rings (SSSR count). The van der Waals surface area contributed by atoms with Gasteiger partial charge in [-0.15, -0.1) is 0 Å². The van der Waals surface area contributed by atoms with Crippen molar-refractivity contribution < 1.29 is 10.0 Å². The van der Waals surface area contributed by atoms with Crippen LogP contribution in [0.1, 0.15) is 40.0 Å². The Labute approximate surface area is 119 Å². The Balaban J connectivity index is 3.29. The van der Waals surface area contributed by atoms with Gasteiger partial charge in [0.1, 0.15) is 0 Å². The van der Waals surface area contributed by atoms with Crippen LogP contribution in [0, 0.1) is 0 Å². The van der Waals surface area contributed by atoms with Crippen LogP contribution in [0.2, 0.25) is 18.1 Å². The fourth-order valence-electron chi connectivity index (χ4n) is 3.42. The van der Waals surface area contributed by atoms with Gasteiger partial charge in [-0.1, -0.05) is 87.6 Å². The van der Waals surface area contributed by atoms with Crippen LogP contribution in [0.25, 0.3) is 0 Å². The highest BCUT2D eigenvalue weighted by molar-refractivity contribution is 6.95. The van der Waals surface area contributed by atoms with Crippen LogP contribution < -0.4 is 10.6 Å². The minimum absolute atomic E-state index is 0.740. The summed E-state index contributed by atoms with van der Waals surface area (Å²) < 4.78 is 0. The predicted molar refractivity (Wildman–Crippen MR) is 86.9 cm³/mol. The first-order valence-corrected chi connectivity index (χ1v) is 10.2. The van der Waals surface area contributed by atoms with Crippen molar-refractivity contribution in [2.24, 2.45) is 0 Å². The second-order valence-electron chi connectivity index (χ2n) is 5.49. The van der Waals surface area contributed by atoms with Gasteiger partial charge in [-0.2, -0.15) is 0 Å². The lowest BCUT2D eigenvalue weighted by Gasteiger charge is -2.34. The Hall–Kier alpha value is -0.578. The molecule has 1 aromatic rings. The highest BCUT2D eigenvalue weighted by atomic mass is 28.3. The lowest BCUT2D eigenvalue weighted by molar-refractivity contribution is 0.426. The van der Waals surface area contributed by atoms with E-state index in [4.69, 9.17) is 0 Å². The molecule has 2 nitrogen and oxygen atoms in total. The van der Waals surface area contributed by atoms with Crippen molar-refractivity contribution in [2.75, 3.05) is 0 Å². The molecule has 0 aromatic heterocycles. The quantitative estimate of drug-likeness (QED) is 0.716. The van der Waals surface area contributed by atoms with Crippen molar-refractivity contribution in [3.05, 3.63) is 24.3 Å². The van der Waals surface area contributed by atoms with Crippen LogP contribution in [-0.4, -0.2) is 25.2 Å². The summed E-state index contributed by atoms with van der Waals surface area (Å²) in [5.41, 5.74) is 0.740. The molecule has 0 saturated heterocycles. The lowest BCUT2D eigenvalue weighted by atomic mass is 9.80. The molecule has 0 aliphatic heterocycles. The smallest absolute Gasteiger partial charge is 0.423 e. The van der Waals surface area contributed by atoms with Crippen molar-refractivity contribution in [3.8, 4) is 0 Å². The van der Waals surface area contributed by atoms with Crippen LogP contribution in [0.3, 0.4) is 0 Å². The molecule has 0 unspecified atom stereocenters. The molecule has 19 heavy (non-hydrogen) atoms. The van der Waals surface area contributed by atoms with Crippen LogP contribution >= 0.6 is 0 Å². The third-order valence-corrected chi connectivity index (χ3v) is 9.97. The first kappa shape index (κ1) is 16.5. The number of benzene rings is 1. The molecule has 0 aliphatic carbocycles. The van der Waals surface area contributed by atoms with Gasteiger partial charge in [0.25, 0.3) is 0 Å². The highest BCUT2D eigenvalue weighted by Gasteiger charge is 2.35. The van der Waals surface area contributed by atoms with Gasteiger partial charge in [0, 0.05) is 0 Å². The van der Waals surface area contributed by atoms with E-state index in [0.29, 0.717) is 0 Å². The Bertz CT molecular complexity index is 365. The van der Waals surface area contributed by atoms with E-state index < -0.39 is 15.2 Å². The zero-order chi connectivity index (χ0) is 14.3. The standard InChI is InChI=1S/C15H27BO2Si/c1-4-11-19(12-5-2,13-6-3)15-10-8-7-9-14(15)16(17)18/h7-10,17-18H,4-6,11-13H2,1-3H3. The van der Waals surface area contributed by atoms with Gasteiger partial charge < -0.3 is 10.0 Å². The summed E-state index contributed by atoms with van der Waals surface area (Å²) in [5.74, 6) is 0. The molecule has 0 aliphatic rings. The maximum Gasteiger partial charge on any atom is 0.488 e. The van der Waals surface area contributed by atoms with Gasteiger partial charge in [-0.3, -0.25) is 0 Å². The van der Waals surface area contributed by atoms with E-state index >= 15 is 0 Å². The maximum atomic E-state index is 9.65. The Morgan fingerprint density at radius 2 is 1.37 bits per heavy atom. The Morgan fingerprint density at radius 3 is 1.79 bits per heavy atom. The zero-order valence-electron chi connectivity index (χ0n) is 12.5. The normalized spacial score (nSPS) is 11.6. The molecule has 4 heteroatoms. The fourth-order valence-corrected chi connectivity index (χ4v) is 9.12. The van der Waals surface area contributed by atoms with Gasteiger partial charge in [0.15, 0.2) is 0 Å². The van der Waals surface area contributed by atoms with Gasteiger partial charge in [0.2, 0.25) is 0 Å². The summed E-state index contributed by atoms with van der Waals surface area (Å²) in [6.45, 7) is 6.72. The van der Waals surface area contributed by atoms with Gasteiger partial charge in [-0.05, 0) is 5.46 Å². The fraction of sp³-hybridized carbons (Fsp3) is 0.600. The van der Waals surface area contributed by atoms with Crippen molar-refractivity contribution in [2.45, 2.75) is 58.2 Å². The summed E-state index contributed by atoms with van der Waals surface area (Å²) in [6, 6.07) is 11.7. The summed E-state index contributed by atoms with van der Waals surface area (Å²) in [7, 11) is -2.94. The van der Waals surface area contributed by atoms with E-state index in [0.717, 1.165) is 5.46 Å². The number of rotatable bonds is 8. The Morgan fingerprint density at radius 1 is 0.895 bits per heavy atom. The SMILES string of the molecule is CCC[Si](CCC)(CCC)c1ccccc1B(O)O. The largest absolute Gasteiger partial charge is 0.488 e. The van der Waals surface area contributed by atoms with E-state index in [1.807, 2.05) is 18.2 Å². The zero-order valence-corrected chi connectivity index (χ0v) is 13.5. The lowest BCUT2D eigenvalue weighted by Crippen LogP contribution is -2.57. The van der Waals surface area contributed by atoms with E-state index in [2.05, 4.69) is 26.8 Å². The van der Waals surface area contributed by atoms with Crippen molar-refractivity contribution in [1.82, 2.24) is 0 Å². The molecule has 0 radical (unpaired) electrons. The molecule has 0 bridgehead atoms. The first-order valence-electron chi connectivity index (χ1n) is 7.56. The summed E-state index contributed by atoms with van der Waals surface area (Å²) in [5, 5.41) is 20.6. The first-order chi connectivity index (χ1) is 9.11. The van der Waals surface area contributed by atoms with Crippen molar-refractivity contribution in [3.63, 3.8) is 0 Å². The van der Waals surface area contributed by atoms with Crippen LogP contribution in [-0.2, 0) is 0 Å². The molecule has 106 valence electrons. The van der Waals surface area contributed by atoms with E-state index in [9.17, 15) is 10.0 Å². The molecule has 2 N–H and O–H groups in total. The topological polar surface area (TPSA) is 40.5 Å². The van der Waals surface area contributed by atoms with Crippen molar-refractivity contribution >= 4 is 25.8 Å². The van der Waals surface area contributed by atoms with Crippen LogP contribution in [0.4, 0.5) is 0 Å². The minimum atomic E-state index is -1.60. The summed E-state index contributed by atoms with van der Waals surface area (Å²) >= 11 is 0. The molecular weight excluding hydrogens is 251 g/mol. The van der Waals surface area contributed by atoms with Crippen molar-refractivity contribution in [1.29, 1.82) is 0 Å². The number of hydrogen-bond donors (Lipinski definition) is 2. The van der Waals surface area contributed by atoms with Gasteiger partial charge in [0.05, 0.1) is 8.07 Å². The van der Waals surface area contributed by atoms with Crippen LogP contribution in [0.15, 0.2) is 24.3 Å². The second kappa shape index (κ2) is 7.88. The average molecular weight is 278 g/mol. The average Bonchev–Trinajstić information content (AvgIpc) is 2.39. The van der Waals surface area contributed by atoms with Gasteiger partial charge >= 0.3 is 7.12 Å². The second-order valence-corrected chi connectivity index (χ2v) is 10.1. The molecule has 0 amide bonds. The molecule has 1 aromatic carbocycles. The summed E-state index contributed by atoms with van der Waals surface area (Å²) in [4.78, 5) is 0. The van der Waals surface area contributed by atoms with E-state index in [1.165, 1.54) is 42.6 Å². The third-order valence-electron chi connectivity index (χ3n) is 4.00. The maximum absolute atomic E-state index is 9.65. The number of hydrogen-bond acceptors (Lipinski definition) is 2. The predicted octanol–water partition coefficient (Wildman–Crippen LogP) is 2.25. The Kier molecular flexibility index (Phi) is 6.83. The van der Waals surface area contributed by atoms with Crippen LogP contribution in [0.5, 0.6) is 0 Å². The van der Waals surface area contributed by atoms with E-state index in [1.54, 1.807) is 0 Å². The highest BCUT2D eigenvalue weighted by Crippen LogP contribution is 2.25. The molecular formula is C15H27BO2Si. The molecule has 0 fully saturated rings. The molecule has 0 spiro atoms. The van der Waals surface area contributed by atoms with Gasteiger partial charge in [-0.25, -0.2) is 0 Å². The third kappa shape index (κ3) is 3.94. The minimum Gasteiger partial charge on any atom is -0.423 e.